The summed E-state index contributed by atoms with van der Waals surface area (Å²) in [4.78, 5) is 0. The van der Waals surface area contributed by atoms with Gasteiger partial charge in [-0.2, -0.15) is 0 Å². The fourth-order valence-corrected chi connectivity index (χ4v) is 1.45. The molecule has 2 aromatic carbocycles. The Labute approximate surface area is 101 Å². The van der Waals surface area contributed by atoms with Crippen molar-refractivity contribution in [3.63, 3.8) is 0 Å². The maximum atomic E-state index is 5.69. The molecule has 0 spiro atoms. The highest BCUT2D eigenvalue weighted by Crippen LogP contribution is 2.25. The topological polar surface area (TPSA) is 18.5 Å². The molecule has 0 bridgehead atoms. The van der Waals surface area contributed by atoms with Crippen molar-refractivity contribution < 1.29 is 9.47 Å². The van der Waals surface area contributed by atoms with Crippen LogP contribution in [0, 0.1) is 12.3 Å². The predicted molar refractivity (Wildman–Crippen MR) is 67.4 cm³/mol. The van der Waals surface area contributed by atoms with Gasteiger partial charge in [-0.1, -0.05) is 18.1 Å². The van der Waals surface area contributed by atoms with E-state index in [1.807, 2.05) is 48.5 Å². The molecule has 0 fully saturated rings. The SMILES string of the molecule is C#Cc1cccc(Oc2cccc(OC)c2)c1. The van der Waals surface area contributed by atoms with Crippen LogP contribution in [0.4, 0.5) is 0 Å². The van der Waals surface area contributed by atoms with Crippen LogP contribution in [-0.2, 0) is 0 Å². The minimum absolute atomic E-state index is 0.716. The van der Waals surface area contributed by atoms with Gasteiger partial charge in [0.15, 0.2) is 0 Å². The molecule has 0 amide bonds. The molecule has 0 atom stereocenters. The van der Waals surface area contributed by atoms with Crippen molar-refractivity contribution in [3.05, 3.63) is 54.1 Å². The van der Waals surface area contributed by atoms with Gasteiger partial charge in [0.2, 0.25) is 0 Å². The third-order valence-electron chi connectivity index (χ3n) is 2.28. The second-order valence-corrected chi connectivity index (χ2v) is 3.45. The Morgan fingerprint density at radius 3 is 2.29 bits per heavy atom. The molecule has 84 valence electrons. The Kier molecular flexibility index (Phi) is 3.32. The summed E-state index contributed by atoms with van der Waals surface area (Å²) in [6, 6.07) is 14.8. The molecule has 0 aliphatic heterocycles. The minimum atomic E-state index is 0.716. The van der Waals surface area contributed by atoms with Gasteiger partial charge in [0.05, 0.1) is 7.11 Å². The molecule has 0 aliphatic carbocycles. The quantitative estimate of drug-likeness (QED) is 0.743. The van der Waals surface area contributed by atoms with Crippen LogP contribution in [0.15, 0.2) is 48.5 Å². The third kappa shape index (κ3) is 2.79. The van der Waals surface area contributed by atoms with E-state index in [2.05, 4.69) is 5.92 Å². The van der Waals surface area contributed by atoms with Gasteiger partial charge >= 0.3 is 0 Å². The molecule has 0 aliphatic rings. The van der Waals surface area contributed by atoms with Gasteiger partial charge in [-0.15, -0.1) is 6.42 Å². The van der Waals surface area contributed by atoms with Gasteiger partial charge in [0, 0.05) is 11.6 Å². The molecule has 2 aromatic rings. The summed E-state index contributed by atoms with van der Waals surface area (Å²) in [5.74, 6) is 4.77. The third-order valence-corrected chi connectivity index (χ3v) is 2.28. The molecule has 2 heteroatoms. The predicted octanol–water partition coefficient (Wildman–Crippen LogP) is 3.47. The Bertz CT molecular complexity index is 553. The van der Waals surface area contributed by atoms with Crippen LogP contribution in [0.5, 0.6) is 17.2 Å². The maximum Gasteiger partial charge on any atom is 0.131 e. The summed E-state index contributed by atoms with van der Waals surface area (Å²) in [5.41, 5.74) is 0.797. The minimum Gasteiger partial charge on any atom is -0.497 e. The zero-order valence-corrected chi connectivity index (χ0v) is 9.51. The smallest absolute Gasteiger partial charge is 0.131 e. The van der Waals surface area contributed by atoms with Crippen molar-refractivity contribution in [2.24, 2.45) is 0 Å². The van der Waals surface area contributed by atoms with Crippen molar-refractivity contribution in [3.8, 4) is 29.6 Å². The van der Waals surface area contributed by atoms with Gasteiger partial charge in [-0.25, -0.2) is 0 Å². The molecule has 0 saturated heterocycles. The fourth-order valence-electron chi connectivity index (χ4n) is 1.45. The summed E-state index contributed by atoms with van der Waals surface area (Å²) in [5, 5.41) is 0. The normalized spacial score (nSPS) is 9.41. The number of ether oxygens (including phenoxy) is 2. The molecule has 0 heterocycles. The molecule has 0 saturated carbocycles. The monoisotopic (exact) mass is 224 g/mol. The number of methoxy groups -OCH3 is 1. The summed E-state index contributed by atoms with van der Waals surface area (Å²) >= 11 is 0. The van der Waals surface area contributed by atoms with Crippen molar-refractivity contribution in [2.45, 2.75) is 0 Å². The lowest BCUT2D eigenvalue weighted by Crippen LogP contribution is -1.87. The molecular weight excluding hydrogens is 212 g/mol. The van der Waals surface area contributed by atoms with E-state index in [0.29, 0.717) is 5.75 Å². The van der Waals surface area contributed by atoms with Crippen molar-refractivity contribution in [1.82, 2.24) is 0 Å². The van der Waals surface area contributed by atoms with Crippen LogP contribution in [0.25, 0.3) is 0 Å². The van der Waals surface area contributed by atoms with Gasteiger partial charge in [0.25, 0.3) is 0 Å². The molecule has 0 unspecified atom stereocenters. The summed E-state index contributed by atoms with van der Waals surface area (Å²) in [6.07, 6.45) is 5.33. The Morgan fingerprint density at radius 2 is 1.59 bits per heavy atom. The van der Waals surface area contributed by atoms with Crippen LogP contribution >= 0.6 is 0 Å². The van der Waals surface area contributed by atoms with E-state index in [1.54, 1.807) is 7.11 Å². The first kappa shape index (κ1) is 11.1. The molecule has 0 N–H and O–H groups in total. The Morgan fingerprint density at radius 1 is 0.941 bits per heavy atom. The van der Waals surface area contributed by atoms with E-state index >= 15 is 0 Å². The summed E-state index contributed by atoms with van der Waals surface area (Å²) in [6.45, 7) is 0. The van der Waals surface area contributed by atoms with E-state index in [4.69, 9.17) is 15.9 Å². The van der Waals surface area contributed by atoms with Gasteiger partial charge in [-0.3, -0.25) is 0 Å². The molecule has 17 heavy (non-hydrogen) atoms. The van der Waals surface area contributed by atoms with E-state index in [9.17, 15) is 0 Å². The van der Waals surface area contributed by atoms with Crippen molar-refractivity contribution in [1.29, 1.82) is 0 Å². The number of rotatable bonds is 3. The van der Waals surface area contributed by atoms with Crippen molar-refractivity contribution >= 4 is 0 Å². The number of terminal acetylenes is 1. The summed E-state index contributed by atoms with van der Waals surface area (Å²) < 4.78 is 10.8. The van der Waals surface area contributed by atoms with E-state index in [0.717, 1.165) is 17.1 Å². The Hall–Kier alpha value is -2.40. The maximum absolute atomic E-state index is 5.69. The number of hydrogen-bond acceptors (Lipinski definition) is 2. The van der Waals surface area contributed by atoms with Crippen LogP contribution in [-0.4, -0.2) is 7.11 Å². The fraction of sp³-hybridized carbons (Fsp3) is 0.0667. The van der Waals surface area contributed by atoms with Crippen LogP contribution in [0.3, 0.4) is 0 Å². The first-order chi connectivity index (χ1) is 8.31. The van der Waals surface area contributed by atoms with Gasteiger partial charge in [0.1, 0.15) is 17.2 Å². The molecular formula is C15H12O2. The lowest BCUT2D eigenvalue weighted by atomic mass is 10.2. The standard InChI is InChI=1S/C15H12O2/c1-3-12-6-4-8-14(10-12)17-15-9-5-7-13(11-15)16-2/h1,4-11H,2H3. The van der Waals surface area contributed by atoms with E-state index in [-0.39, 0.29) is 0 Å². The highest BCUT2D eigenvalue weighted by Gasteiger charge is 1.99. The van der Waals surface area contributed by atoms with Gasteiger partial charge in [-0.05, 0) is 30.3 Å². The average Bonchev–Trinajstić information content (AvgIpc) is 2.39. The van der Waals surface area contributed by atoms with E-state index < -0.39 is 0 Å². The van der Waals surface area contributed by atoms with Crippen LogP contribution < -0.4 is 9.47 Å². The first-order valence-electron chi connectivity index (χ1n) is 5.20. The molecule has 2 rings (SSSR count). The Balaban J connectivity index is 2.22. The highest BCUT2D eigenvalue weighted by atomic mass is 16.5. The lowest BCUT2D eigenvalue weighted by Gasteiger charge is -2.07. The largest absolute Gasteiger partial charge is 0.497 e. The van der Waals surface area contributed by atoms with E-state index in [1.165, 1.54) is 0 Å². The highest BCUT2D eigenvalue weighted by molar-refractivity contribution is 5.41. The number of hydrogen-bond donors (Lipinski definition) is 0. The first-order valence-corrected chi connectivity index (χ1v) is 5.20. The van der Waals surface area contributed by atoms with Crippen LogP contribution in [0.2, 0.25) is 0 Å². The lowest BCUT2D eigenvalue weighted by molar-refractivity contribution is 0.409. The number of benzene rings is 2. The zero-order chi connectivity index (χ0) is 12.1. The van der Waals surface area contributed by atoms with Crippen LogP contribution in [0.1, 0.15) is 5.56 Å². The van der Waals surface area contributed by atoms with Gasteiger partial charge < -0.3 is 9.47 Å². The van der Waals surface area contributed by atoms with Crippen molar-refractivity contribution in [2.75, 3.05) is 7.11 Å². The second kappa shape index (κ2) is 5.09. The molecule has 0 aromatic heterocycles. The molecule has 2 nitrogen and oxygen atoms in total. The molecule has 0 radical (unpaired) electrons. The summed E-state index contributed by atoms with van der Waals surface area (Å²) in [7, 11) is 1.62. The zero-order valence-electron chi connectivity index (χ0n) is 9.51. The second-order valence-electron chi connectivity index (χ2n) is 3.45. The average molecular weight is 224 g/mol.